The van der Waals surface area contributed by atoms with Crippen LogP contribution in [0.4, 0.5) is 0 Å². The zero-order valence-corrected chi connectivity index (χ0v) is 21.8. The summed E-state index contributed by atoms with van der Waals surface area (Å²) in [5, 5.41) is 6.77. The number of likely N-dealkylation sites (N-methyl/N-ethyl adjacent to an activating group) is 1. The molecule has 1 aliphatic rings. The van der Waals surface area contributed by atoms with E-state index in [0.717, 1.165) is 43.5 Å². The van der Waals surface area contributed by atoms with E-state index in [1.54, 1.807) is 0 Å². The summed E-state index contributed by atoms with van der Waals surface area (Å²) in [5.74, 6) is 2.36. The van der Waals surface area contributed by atoms with Crippen molar-refractivity contribution < 1.29 is 4.74 Å². The van der Waals surface area contributed by atoms with Gasteiger partial charge in [0.15, 0.2) is 5.96 Å². The number of para-hydroxylation sites is 1. The number of guanidine groups is 1. The van der Waals surface area contributed by atoms with Crippen molar-refractivity contribution in [2.75, 3.05) is 58.9 Å². The maximum Gasteiger partial charge on any atom is 0.191 e. The summed E-state index contributed by atoms with van der Waals surface area (Å²) >= 11 is 0. The maximum absolute atomic E-state index is 6.06. The molecule has 2 rings (SSSR count). The molecule has 1 heterocycles. The molecule has 172 valence electrons. The number of hydrogen-bond acceptors (Lipinski definition) is 4. The van der Waals surface area contributed by atoms with Gasteiger partial charge in [-0.1, -0.05) is 32.0 Å². The molecular formula is C23H42IN5O. The Kier molecular flexibility index (Phi) is 13.4. The lowest BCUT2D eigenvalue weighted by atomic mass is 10.1. The molecule has 0 radical (unpaired) electrons. The summed E-state index contributed by atoms with van der Waals surface area (Å²) in [6, 6.07) is 8.14. The zero-order valence-electron chi connectivity index (χ0n) is 19.5. The molecule has 6 nitrogen and oxygen atoms in total. The normalized spacial score (nSPS) is 17.7. The van der Waals surface area contributed by atoms with E-state index in [1.165, 1.54) is 26.2 Å². The van der Waals surface area contributed by atoms with E-state index in [1.807, 2.05) is 18.2 Å². The Morgan fingerprint density at radius 2 is 1.73 bits per heavy atom. The van der Waals surface area contributed by atoms with Crippen molar-refractivity contribution in [3.05, 3.63) is 29.8 Å². The third kappa shape index (κ3) is 9.83. The lowest BCUT2D eigenvalue weighted by Gasteiger charge is -2.35. The minimum Gasteiger partial charge on any atom is -0.489 e. The molecule has 7 heteroatoms. The highest BCUT2D eigenvalue weighted by atomic mass is 127. The van der Waals surface area contributed by atoms with E-state index >= 15 is 0 Å². The molecule has 0 amide bonds. The zero-order chi connectivity index (χ0) is 21.1. The Morgan fingerprint density at radius 3 is 2.37 bits per heavy atom. The number of aliphatic imine (C=N–C) groups is 1. The number of rotatable bonds is 10. The third-order valence-corrected chi connectivity index (χ3v) is 5.37. The number of nitrogens with zero attached hydrogens (tertiary/aromatic N) is 3. The van der Waals surface area contributed by atoms with Crippen molar-refractivity contribution >= 4 is 29.9 Å². The van der Waals surface area contributed by atoms with Gasteiger partial charge >= 0.3 is 0 Å². The quantitative estimate of drug-likeness (QED) is 0.276. The molecule has 2 unspecified atom stereocenters. The van der Waals surface area contributed by atoms with Crippen LogP contribution in [-0.4, -0.2) is 80.8 Å². The first-order valence-corrected chi connectivity index (χ1v) is 11.2. The average Bonchev–Trinajstić information content (AvgIpc) is 2.72. The van der Waals surface area contributed by atoms with Gasteiger partial charge < -0.3 is 25.2 Å². The maximum atomic E-state index is 6.06. The van der Waals surface area contributed by atoms with Crippen LogP contribution in [0.15, 0.2) is 29.3 Å². The van der Waals surface area contributed by atoms with Gasteiger partial charge in [0.1, 0.15) is 11.9 Å². The van der Waals surface area contributed by atoms with Crippen LogP contribution < -0.4 is 15.4 Å². The van der Waals surface area contributed by atoms with Crippen molar-refractivity contribution in [1.29, 1.82) is 0 Å². The van der Waals surface area contributed by atoms with Gasteiger partial charge in [0.2, 0.25) is 0 Å². The number of benzene rings is 1. The fourth-order valence-corrected chi connectivity index (χ4v) is 3.56. The average molecular weight is 532 g/mol. The second-order valence-electron chi connectivity index (χ2n) is 8.13. The number of ether oxygens (including phenoxy) is 1. The standard InChI is InChI=1S/C23H41N5O.HI/c1-6-24-23(26-17-21(5)29-22-11-9-8-10-20(22)4)25-16-19(3)18-28-14-12-27(7-2)13-15-28;/h8-11,19,21H,6-7,12-18H2,1-5H3,(H2,24,25,26);1H. The van der Waals surface area contributed by atoms with E-state index in [9.17, 15) is 0 Å². The van der Waals surface area contributed by atoms with E-state index in [4.69, 9.17) is 9.73 Å². The summed E-state index contributed by atoms with van der Waals surface area (Å²) < 4.78 is 6.06. The molecule has 0 spiro atoms. The molecule has 1 aromatic carbocycles. The highest BCUT2D eigenvalue weighted by Crippen LogP contribution is 2.17. The van der Waals surface area contributed by atoms with Crippen LogP contribution in [0.2, 0.25) is 0 Å². The van der Waals surface area contributed by atoms with Gasteiger partial charge in [-0.05, 0) is 44.9 Å². The van der Waals surface area contributed by atoms with Crippen LogP contribution >= 0.6 is 24.0 Å². The molecule has 0 aliphatic carbocycles. The molecule has 2 N–H and O–H groups in total. The lowest BCUT2D eigenvalue weighted by Crippen LogP contribution is -2.47. The smallest absolute Gasteiger partial charge is 0.191 e. The van der Waals surface area contributed by atoms with E-state index in [-0.39, 0.29) is 30.1 Å². The van der Waals surface area contributed by atoms with Crippen molar-refractivity contribution in [3.63, 3.8) is 0 Å². The first kappa shape index (κ1) is 27.0. The van der Waals surface area contributed by atoms with Crippen LogP contribution in [0.1, 0.15) is 33.3 Å². The second-order valence-corrected chi connectivity index (χ2v) is 8.13. The number of hydrogen-bond donors (Lipinski definition) is 2. The molecule has 0 bridgehead atoms. The first-order chi connectivity index (χ1) is 14.0. The Balaban J connectivity index is 0.00000450. The molecule has 30 heavy (non-hydrogen) atoms. The Hall–Kier alpha value is -1.06. The summed E-state index contributed by atoms with van der Waals surface area (Å²) in [7, 11) is 0. The molecule has 1 fully saturated rings. The molecule has 1 saturated heterocycles. The van der Waals surface area contributed by atoms with Crippen LogP contribution in [0.25, 0.3) is 0 Å². The van der Waals surface area contributed by atoms with Crippen LogP contribution in [-0.2, 0) is 0 Å². The highest BCUT2D eigenvalue weighted by molar-refractivity contribution is 14.0. The fraction of sp³-hybridized carbons (Fsp3) is 0.696. The largest absolute Gasteiger partial charge is 0.489 e. The number of piperazine rings is 1. The first-order valence-electron chi connectivity index (χ1n) is 11.2. The van der Waals surface area contributed by atoms with Crippen molar-refractivity contribution in [2.24, 2.45) is 10.9 Å². The van der Waals surface area contributed by atoms with Crippen LogP contribution in [0.3, 0.4) is 0 Å². The van der Waals surface area contributed by atoms with E-state index in [2.05, 4.69) is 61.1 Å². The molecule has 0 aromatic heterocycles. The molecule has 0 saturated carbocycles. The minimum atomic E-state index is 0. The van der Waals surface area contributed by atoms with Gasteiger partial charge in [0.05, 0.1) is 6.54 Å². The lowest BCUT2D eigenvalue weighted by molar-refractivity contribution is 0.125. The van der Waals surface area contributed by atoms with Gasteiger partial charge in [-0.3, -0.25) is 4.99 Å². The van der Waals surface area contributed by atoms with Crippen molar-refractivity contribution in [2.45, 2.75) is 40.7 Å². The Bertz CT molecular complexity index is 619. The summed E-state index contributed by atoms with van der Waals surface area (Å²) in [6.07, 6.45) is 0.0623. The topological polar surface area (TPSA) is 52.1 Å². The Morgan fingerprint density at radius 1 is 1.07 bits per heavy atom. The third-order valence-electron chi connectivity index (χ3n) is 5.37. The molecule has 2 atom stereocenters. The van der Waals surface area contributed by atoms with Gasteiger partial charge in [0.25, 0.3) is 0 Å². The molecule has 1 aliphatic heterocycles. The van der Waals surface area contributed by atoms with Gasteiger partial charge in [-0.15, -0.1) is 24.0 Å². The van der Waals surface area contributed by atoms with Gasteiger partial charge in [0, 0.05) is 45.8 Å². The molecular weight excluding hydrogens is 489 g/mol. The highest BCUT2D eigenvalue weighted by Gasteiger charge is 2.17. The van der Waals surface area contributed by atoms with Crippen molar-refractivity contribution in [1.82, 2.24) is 20.4 Å². The summed E-state index contributed by atoms with van der Waals surface area (Å²) in [5.41, 5.74) is 1.16. The Labute approximate surface area is 200 Å². The van der Waals surface area contributed by atoms with Crippen LogP contribution in [0.5, 0.6) is 5.75 Å². The fourth-order valence-electron chi connectivity index (χ4n) is 3.56. The predicted octanol–water partition coefficient (Wildman–Crippen LogP) is 3.21. The van der Waals surface area contributed by atoms with E-state index < -0.39 is 0 Å². The molecule has 1 aromatic rings. The summed E-state index contributed by atoms with van der Waals surface area (Å²) in [4.78, 5) is 9.90. The second kappa shape index (κ2) is 14.9. The van der Waals surface area contributed by atoms with E-state index in [0.29, 0.717) is 12.5 Å². The summed E-state index contributed by atoms with van der Waals surface area (Å²) in [6.45, 7) is 20.2. The number of aryl methyl sites for hydroxylation is 1. The monoisotopic (exact) mass is 531 g/mol. The van der Waals surface area contributed by atoms with Gasteiger partial charge in [-0.2, -0.15) is 0 Å². The van der Waals surface area contributed by atoms with Gasteiger partial charge in [-0.25, -0.2) is 0 Å². The number of nitrogens with one attached hydrogen (secondary N) is 2. The van der Waals surface area contributed by atoms with Crippen molar-refractivity contribution in [3.8, 4) is 5.75 Å². The van der Waals surface area contributed by atoms with Crippen LogP contribution in [0, 0.1) is 12.8 Å². The minimum absolute atomic E-state index is 0. The number of halogens is 1. The predicted molar refractivity (Wildman–Crippen MR) is 138 cm³/mol. The SMILES string of the molecule is CCNC(=NCC(C)CN1CCN(CC)CC1)NCC(C)Oc1ccccc1C.I.